The van der Waals surface area contributed by atoms with Gasteiger partial charge in [0.25, 0.3) is 0 Å². The van der Waals surface area contributed by atoms with E-state index in [4.69, 9.17) is 19.4 Å². The molecule has 46 heavy (non-hydrogen) atoms. The van der Waals surface area contributed by atoms with Crippen LogP contribution in [0.2, 0.25) is 0 Å². The Kier molecular flexibility index (Phi) is 5.41. The predicted molar refractivity (Wildman–Crippen MR) is 191 cm³/mol. The van der Waals surface area contributed by atoms with Gasteiger partial charge < -0.3 is 4.42 Å². The van der Waals surface area contributed by atoms with E-state index in [9.17, 15) is 0 Å². The highest BCUT2D eigenvalue weighted by atomic mass is 32.1. The molecule has 0 N–H and O–H groups in total. The van der Waals surface area contributed by atoms with Gasteiger partial charge in [-0.15, -0.1) is 11.3 Å². The first-order valence-electron chi connectivity index (χ1n) is 15.3. The van der Waals surface area contributed by atoms with Crippen LogP contribution in [0.3, 0.4) is 0 Å². The number of benzene rings is 7. The zero-order valence-electron chi connectivity index (χ0n) is 24.4. The molecule has 0 atom stereocenters. The number of furan rings is 1. The van der Waals surface area contributed by atoms with E-state index >= 15 is 0 Å². The zero-order chi connectivity index (χ0) is 30.2. The lowest BCUT2D eigenvalue weighted by Gasteiger charge is -2.10. The Morgan fingerprint density at radius 1 is 0.413 bits per heavy atom. The Hall–Kier alpha value is -5.91. The van der Waals surface area contributed by atoms with Gasteiger partial charge in [-0.2, -0.15) is 0 Å². The van der Waals surface area contributed by atoms with E-state index in [1.54, 1.807) is 0 Å². The molecule has 0 unspecified atom stereocenters. The first-order chi connectivity index (χ1) is 22.7. The molecule has 0 spiro atoms. The fourth-order valence-electron chi connectivity index (χ4n) is 6.65. The van der Waals surface area contributed by atoms with Gasteiger partial charge in [0.2, 0.25) is 0 Å². The molecule has 4 nitrogen and oxygen atoms in total. The Morgan fingerprint density at radius 2 is 1.07 bits per heavy atom. The highest BCUT2D eigenvalue weighted by Gasteiger charge is 2.19. The molecule has 0 fully saturated rings. The summed E-state index contributed by atoms with van der Waals surface area (Å²) in [5.74, 6) is 1.89. The molecular formula is C41H23N3OS. The average molecular weight is 606 g/mol. The molecule has 0 saturated heterocycles. The van der Waals surface area contributed by atoms with Crippen molar-refractivity contribution >= 4 is 75.0 Å². The van der Waals surface area contributed by atoms with E-state index in [1.165, 1.54) is 25.6 Å². The summed E-state index contributed by atoms with van der Waals surface area (Å²) in [6, 6.07) is 48.7. The predicted octanol–water partition coefficient (Wildman–Crippen LogP) is 11.4. The number of thiophene rings is 1. The van der Waals surface area contributed by atoms with Gasteiger partial charge >= 0.3 is 0 Å². The van der Waals surface area contributed by atoms with E-state index in [0.717, 1.165) is 54.8 Å². The number of hydrogen-bond donors (Lipinski definition) is 0. The van der Waals surface area contributed by atoms with Crippen LogP contribution in [0.4, 0.5) is 0 Å². The van der Waals surface area contributed by atoms with E-state index in [2.05, 4.69) is 127 Å². The zero-order valence-corrected chi connectivity index (χ0v) is 25.3. The van der Waals surface area contributed by atoms with Gasteiger partial charge in [-0.05, 0) is 70.1 Å². The topological polar surface area (TPSA) is 51.8 Å². The van der Waals surface area contributed by atoms with Gasteiger partial charge in [0.15, 0.2) is 17.5 Å². The third kappa shape index (κ3) is 3.96. The molecular weight excluding hydrogens is 583 g/mol. The molecule has 0 aliphatic heterocycles. The summed E-state index contributed by atoms with van der Waals surface area (Å²) in [4.78, 5) is 15.4. The van der Waals surface area contributed by atoms with E-state index < -0.39 is 0 Å². The molecule has 0 aliphatic rings. The normalized spacial score (nSPS) is 11.9. The Bertz CT molecular complexity index is 2830. The van der Waals surface area contributed by atoms with E-state index in [1.807, 2.05) is 23.5 Å². The molecule has 0 bridgehead atoms. The van der Waals surface area contributed by atoms with E-state index in [0.29, 0.717) is 17.5 Å². The third-order valence-electron chi connectivity index (χ3n) is 8.88. The highest BCUT2D eigenvalue weighted by Crippen LogP contribution is 2.39. The number of fused-ring (bicyclic) bond motifs is 8. The van der Waals surface area contributed by atoms with Crippen LogP contribution in [0.5, 0.6) is 0 Å². The van der Waals surface area contributed by atoms with Gasteiger partial charge in [0.05, 0.1) is 0 Å². The lowest BCUT2D eigenvalue weighted by atomic mass is 10.0. The summed E-state index contributed by atoms with van der Waals surface area (Å²) in [6.45, 7) is 0. The maximum Gasteiger partial charge on any atom is 0.164 e. The largest absolute Gasteiger partial charge is 0.456 e. The maximum absolute atomic E-state index is 6.41. The molecule has 0 amide bonds. The second kappa shape index (κ2) is 9.80. The standard InChI is InChI=1S/C41H23N3OS/c1-2-9-25-20-28(17-16-24(25)8-1)39-42-40(29-18-19-37-32(22-29)30-12-5-6-15-36(30)46-37)44-41(43-39)31-13-7-14-34-38(31)33-21-26-10-3-4-11-27(26)23-35(33)45-34/h1-23H. The van der Waals surface area contributed by atoms with Gasteiger partial charge in [-0.3, -0.25) is 0 Å². The maximum atomic E-state index is 6.41. The quantitative estimate of drug-likeness (QED) is 0.201. The Labute approximate surface area is 267 Å². The summed E-state index contributed by atoms with van der Waals surface area (Å²) in [7, 11) is 0. The van der Waals surface area contributed by atoms with Crippen LogP contribution in [0.1, 0.15) is 0 Å². The number of nitrogens with zero attached hydrogens (tertiary/aromatic N) is 3. The van der Waals surface area contributed by atoms with Gasteiger partial charge in [0.1, 0.15) is 11.2 Å². The van der Waals surface area contributed by atoms with Crippen molar-refractivity contribution in [1.82, 2.24) is 15.0 Å². The van der Waals surface area contributed by atoms with Crippen LogP contribution < -0.4 is 0 Å². The van der Waals surface area contributed by atoms with Gasteiger partial charge in [-0.25, -0.2) is 15.0 Å². The van der Waals surface area contributed by atoms with Crippen LogP contribution in [0.25, 0.3) is 97.8 Å². The number of rotatable bonds is 3. The first-order valence-corrected chi connectivity index (χ1v) is 16.1. The molecule has 7 aromatic carbocycles. The summed E-state index contributed by atoms with van der Waals surface area (Å²) < 4.78 is 8.93. The van der Waals surface area contributed by atoms with Crippen LogP contribution in [-0.4, -0.2) is 15.0 Å². The second-order valence-corrected chi connectivity index (χ2v) is 12.7. The molecule has 3 aromatic heterocycles. The van der Waals surface area contributed by atoms with Crippen LogP contribution >= 0.6 is 11.3 Å². The molecule has 0 radical (unpaired) electrons. The third-order valence-corrected chi connectivity index (χ3v) is 10.0. The monoisotopic (exact) mass is 605 g/mol. The van der Waals surface area contributed by atoms with Crippen LogP contribution in [-0.2, 0) is 0 Å². The lowest BCUT2D eigenvalue weighted by Crippen LogP contribution is -2.00. The molecule has 0 aliphatic carbocycles. The minimum Gasteiger partial charge on any atom is -0.456 e. The first kappa shape index (κ1) is 25.4. The van der Waals surface area contributed by atoms with Crippen molar-refractivity contribution < 1.29 is 4.42 Å². The lowest BCUT2D eigenvalue weighted by molar-refractivity contribution is 0.669. The van der Waals surface area contributed by atoms with Gasteiger partial charge in [0, 0.05) is 47.6 Å². The van der Waals surface area contributed by atoms with Crippen molar-refractivity contribution in [1.29, 1.82) is 0 Å². The number of hydrogen-bond acceptors (Lipinski definition) is 5. The van der Waals surface area contributed by atoms with Gasteiger partial charge in [-0.1, -0.05) is 91.0 Å². The van der Waals surface area contributed by atoms with Crippen molar-refractivity contribution in [2.24, 2.45) is 0 Å². The Morgan fingerprint density at radius 3 is 1.91 bits per heavy atom. The summed E-state index contributed by atoms with van der Waals surface area (Å²) >= 11 is 1.81. The summed E-state index contributed by atoms with van der Waals surface area (Å²) in [5.41, 5.74) is 4.47. The fraction of sp³-hybridized carbons (Fsp3) is 0. The van der Waals surface area contributed by atoms with Crippen molar-refractivity contribution in [3.63, 3.8) is 0 Å². The van der Waals surface area contributed by atoms with Crippen molar-refractivity contribution in [3.8, 4) is 34.2 Å². The van der Waals surface area contributed by atoms with Crippen molar-refractivity contribution in [2.45, 2.75) is 0 Å². The minimum atomic E-state index is 0.616. The molecule has 214 valence electrons. The summed E-state index contributed by atoms with van der Waals surface area (Å²) in [5, 5.41) is 9.14. The van der Waals surface area contributed by atoms with Crippen molar-refractivity contribution in [3.05, 3.63) is 140 Å². The SMILES string of the molecule is c1ccc2cc(-c3nc(-c4ccc5sc6ccccc6c5c4)nc(-c4cccc5oc6cc7ccccc7cc6c45)n3)ccc2c1. The Balaban J connectivity index is 1.24. The average Bonchev–Trinajstić information content (AvgIpc) is 3.67. The molecule has 3 heterocycles. The number of aromatic nitrogens is 3. The molecule has 10 rings (SSSR count). The molecule has 5 heteroatoms. The van der Waals surface area contributed by atoms with Crippen LogP contribution in [0, 0.1) is 0 Å². The summed E-state index contributed by atoms with van der Waals surface area (Å²) in [6.07, 6.45) is 0. The van der Waals surface area contributed by atoms with Crippen LogP contribution in [0.15, 0.2) is 144 Å². The van der Waals surface area contributed by atoms with Crippen molar-refractivity contribution in [2.75, 3.05) is 0 Å². The fourth-order valence-corrected chi connectivity index (χ4v) is 7.73. The highest BCUT2D eigenvalue weighted by molar-refractivity contribution is 7.25. The van der Waals surface area contributed by atoms with E-state index in [-0.39, 0.29) is 0 Å². The molecule has 10 aromatic rings. The second-order valence-electron chi connectivity index (χ2n) is 11.7. The minimum absolute atomic E-state index is 0.616. The molecule has 0 saturated carbocycles. The smallest absolute Gasteiger partial charge is 0.164 e.